The molecule has 0 aliphatic heterocycles. The quantitative estimate of drug-likeness (QED) is 0.502. The van der Waals surface area contributed by atoms with Gasteiger partial charge in [-0.05, 0) is 44.5 Å². The second kappa shape index (κ2) is 9.36. The molecule has 0 unspecified atom stereocenters. The number of ether oxygens (including phenoxy) is 2. The fraction of sp³-hybridized carbons (Fsp3) is 0.350. The van der Waals surface area contributed by atoms with Crippen molar-refractivity contribution in [3.63, 3.8) is 0 Å². The average Bonchev–Trinajstić information content (AvgIpc) is 3.10. The molecule has 0 atom stereocenters. The van der Waals surface area contributed by atoms with Gasteiger partial charge in [0.15, 0.2) is 11.5 Å². The smallest absolute Gasteiger partial charge is 0.240 e. The molecular weight excluding hydrogens is 396 g/mol. The lowest BCUT2D eigenvalue weighted by atomic mass is 10.3. The molecule has 0 aliphatic rings. The summed E-state index contributed by atoms with van der Waals surface area (Å²) in [6.45, 7) is 4.97. The number of benzene rings is 2. The molecule has 0 bridgehead atoms. The summed E-state index contributed by atoms with van der Waals surface area (Å²) in [5, 5.41) is 1.01. The number of aromatic nitrogens is 1. The summed E-state index contributed by atoms with van der Waals surface area (Å²) in [7, 11) is -3.61. The van der Waals surface area contributed by atoms with E-state index in [9.17, 15) is 8.42 Å². The Balaban J connectivity index is 1.60. The Bertz CT molecular complexity index is 999. The van der Waals surface area contributed by atoms with Gasteiger partial charge in [0.25, 0.3) is 0 Å². The van der Waals surface area contributed by atoms with Crippen molar-refractivity contribution in [3.8, 4) is 11.5 Å². The molecule has 0 saturated carbocycles. The molecule has 0 fully saturated rings. The summed E-state index contributed by atoms with van der Waals surface area (Å²) >= 11 is 1.65. The van der Waals surface area contributed by atoms with Gasteiger partial charge in [-0.1, -0.05) is 12.1 Å². The highest BCUT2D eigenvalue weighted by Crippen LogP contribution is 2.30. The minimum atomic E-state index is -3.61. The van der Waals surface area contributed by atoms with E-state index in [0.29, 0.717) is 37.7 Å². The van der Waals surface area contributed by atoms with Gasteiger partial charge in [-0.3, -0.25) is 0 Å². The Hall–Kier alpha value is -2.16. The van der Waals surface area contributed by atoms with E-state index in [-0.39, 0.29) is 4.90 Å². The molecule has 2 aromatic carbocycles. The SMILES string of the molecule is CCOc1ccc(S(=O)(=O)NCCCc2nc3ccccc3s2)cc1OCC. The summed E-state index contributed by atoms with van der Waals surface area (Å²) in [5.41, 5.74) is 0.987. The van der Waals surface area contributed by atoms with Crippen LogP contribution in [0.4, 0.5) is 0 Å². The lowest BCUT2D eigenvalue weighted by molar-refractivity contribution is 0.287. The highest BCUT2D eigenvalue weighted by molar-refractivity contribution is 7.89. The summed E-state index contributed by atoms with van der Waals surface area (Å²) < 4.78 is 40.0. The third-order valence-corrected chi connectivity index (χ3v) is 6.58. The molecule has 0 radical (unpaired) electrons. The van der Waals surface area contributed by atoms with Crippen molar-refractivity contribution in [2.45, 2.75) is 31.6 Å². The van der Waals surface area contributed by atoms with E-state index in [4.69, 9.17) is 9.47 Å². The number of hydrogen-bond acceptors (Lipinski definition) is 6. The summed E-state index contributed by atoms with van der Waals surface area (Å²) in [6, 6.07) is 12.7. The maximum atomic E-state index is 12.6. The number of nitrogens with one attached hydrogen (secondary N) is 1. The van der Waals surface area contributed by atoms with Gasteiger partial charge in [0.05, 0.1) is 33.3 Å². The molecule has 28 heavy (non-hydrogen) atoms. The number of rotatable bonds is 10. The Morgan fingerprint density at radius 2 is 1.79 bits per heavy atom. The molecular formula is C20H24N2O4S2. The summed E-state index contributed by atoms with van der Waals surface area (Å²) in [4.78, 5) is 4.74. The first kappa shape index (κ1) is 20.6. The lowest BCUT2D eigenvalue weighted by Crippen LogP contribution is -2.25. The van der Waals surface area contributed by atoms with Crippen molar-refractivity contribution in [2.24, 2.45) is 0 Å². The second-order valence-corrected chi connectivity index (χ2v) is 8.93. The van der Waals surface area contributed by atoms with Crippen LogP contribution in [0, 0.1) is 0 Å². The third-order valence-electron chi connectivity index (χ3n) is 4.02. The van der Waals surface area contributed by atoms with Gasteiger partial charge in [0.1, 0.15) is 0 Å². The van der Waals surface area contributed by atoms with Crippen LogP contribution in [0.3, 0.4) is 0 Å². The molecule has 150 valence electrons. The molecule has 0 amide bonds. The zero-order chi connectivity index (χ0) is 20.0. The second-order valence-electron chi connectivity index (χ2n) is 6.05. The van der Waals surface area contributed by atoms with Crippen molar-refractivity contribution >= 4 is 31.6 Å². The maximum absolute atomic E-state index is 12.6. The Labute approximate surface area is 169 Å². The number of fused-ring (bicyclic) bond motifs is 1. The van der Waals surface area contributed by atoms with Crippen LogP contribution >= 0.6 is 11.3 Å². The fourth-order valence-electron chi connectivity index (χ4n) is 2.75. The van der Waals surface area contributed by atoms with E-state index in [2.05, 4.69) is 9.71 Å². The number of thiazole rings is 1. The zero-order valence-corrected chi connectivity index (χ0v) is 17.6. The monoisotopic (exact) mass is 420 g/mol. The minimum absolute atomic E-state index is 0.166. The zero-order valence-electron chi connectivity index (χ0n) is 16.0. The number of para-hydroxylation sites is 1. The van der Waals surface area contributed by atoms with Gasteiger partial charge < -0.3 is 9.47 Å². The molecule has 3 rings (SSSR count). The molecule has 0 aliphatic carbocycles. The van der Waals surface area contributed by atoms with E-state index in [1.54, 1.807) is 17.4 Å². The first-order valence-corrected chi connectivity index (χ1v) is 11.6. The molecule has 6 nitrogen and oxygen atoms in total. The van der Waals surface area contributed by atoms with E-state index < -0.39 is 10.0 Å². The van der Waals surface area contributed by atoms with Gasteiger partial charge >= 0.3 is 0 Å². The molecule has 1 aromatic heterocycles. The van der Waals surface area contributed by atoms with Crippen LogP contribution in [0.5, 0.6) is 11.5 Å². The lowest BCUT2D eigenvalue weighted by Gasteiger charge is -2.13. The van der Waals surface area contributed by atoms with Crippen molar-refractivity contribution in [1.29, 1.82) is 0 Å². The van der Waals surface area contributed by atoms with Crippen molar-refractivity contribution < 1.29 is 17.9 Å². The van der Waals surface area contributed by atoms with Crippen LogP contribution in [-0.2, 0) is 16.4 Å². The van der Waals surface area contributed by atoms with Crippen LogP contribution in [0.1, 0.15) is 25.3 Å². The van der Waals surface area contributed by atoms with Crippen LogP contribution in [-0.4, -0.2) is 33.2 Å². The van der Waals surface area contributed by atoms with E-state index >= 15 is 0 Å². The summed E-state index contributed by atoms with van der Waals surface area (Å²) in [5.74, 6) is 0.973. The number of nitrogens with zero attached hydrogens (tertiary/aromatic N) is 1. The molecule has 0 spiro atoms. The van der Waals surface area contributed by atoms with Gasteiger partial charge in [0, 0.05) is 19.0 Å². The van der Waals surface area contributed by atoms with Crippen molar-refractivity contribution in [1.82, 2.24) is 9.71 Å². The van der Waals surface area contributed by atoms with E-state index in [1.165, 1.54) is 12.1 Å². The minimum Gasteiger partial charge on any atom is -0.490 e. The molecule has 1 heterocycles. The van der Waals surface area contributed by atoms with Crippen LogP contribution < -0.4 is 14.2 Å². The molecule has 1 N–H and O–H groups in total. The number of sulfonamides is 1. The van der Waals surface area contributed by atoms with Crippen LogP contribution in [0.15, 0.2) is 47.4 Å². The Morgan fingerprint density at radius 3 is 2.54 bits per heavy atom. The fourth-order valence-corrected chi connectivity index (χ4v) is 4.85. The molecule has 3 aromatic rings. The maximum Gasteiger partial charge on any atom is 0.240 e. The largest absolute Gasteiger partial charge is 0.490 e. The van der Waals surface area contributed by atoms with Gasteiger partial charge in [-0.15, -0.1) is 11.3 Å². The highest BCUT2D eigenvalue weighted by atomic mass is 32.2. The van der Waals surface area contributed by atoms with Gasteiger partial charge in [0.2, 0.25) is 10.0 Å². The third kappa shape index (κ3) is 5.01. The molecule has 8 heteroatoms. The Kier molecular flexibility index (Phi) is 6.88. The highest BCUT2D eigenvalue weighted by Gasteiger charge is 2.17. The number of hydrogen-bond donors (Lipinski definition) is 1. The van der Waals surface area contributed by atoms with E-state index in [1.807, 2.05) is 38.1 Å². The standard InChI is InChI=1S/C20H24N2O4S2/c1-3-25-17-12-11-15(14-18(17)26-4-2)28(23,24)21-13-7-10-20-22-16-8-5-6-9-19(16)27-20/h5-6,8-9,11-12,14,21H,3-4,7,10,13H2,1-2H3. The van der Waals surface area contributed by atoms with Crippen LogP contribution in [0.2, 0.25) is 0 Å². The topological polar surface area (TPSA) is 77.5 Å². The summed E-state index contributed by atoms with van der Waals surface area (Å²) in [6.07, 6.45) is 1.41. The number of aryl methyl sites for hydroxylation is 1. The average molecular weight is 421 g/mol. The predicted octanol–water partition coefficient (Wildman–Crippen LogP) is 4.00. The van der Waals surface area contributed by atoms with Crippen molar-refractivity contribution in [3.05, 3.63) is 47.5 Å². The first-order chi connectivity index (χ1) is 13.5. The normalized spacial score (nSPS) is 11.6. The van der Waals surface area contributed by atoms with Gasteiger partial charge in [-0.25, -0.2) is 18.1 Å². The van der Waals surface area contributed by atoms with E-state index in [0.717, 1.165) is 21.6 Å². The first-order valence-electron chi connectivity index (χ1n) is 9.27. The van der Waals surface area contributed by atoms with Gasteiger partial charge in [-0.2, -0.15) is 0 Å². The predicted molar refractivity (Wildman–Crippen MR) is 112 cm³/mol. The molecule has 0 saturated heterocycles. The van der Waals surface area contributed by atoms with Crippen molar-refractivity contribution in [2.75, 3.05) is 19.8 Å². The Morgan fingerprint density at radius 1 is 1.04 bits per heavy atom. The van der Waals surface area contributed by atoms with Crippen LogP contribution in [0.25, 0.3) is 10.2 Å².